The molecule has 1 aliphatic heterocycles. The van der Waals surface area contributed by atoms with Gasteiger partial charge in [0.25, 0.3) is 0 Å². The Morgan fingerprint density at radius 2 is 2.10 bits per heavy atom. The Labute approximate surface area is 125 Å². The smallest absolute Gasteiger partial charge is 0.320 e. The molecule has 5 nitrogen and oxygen atoms in total. The van der Waals surface area contributed by atoms with Gasteiger partial charge in [0.2, 0.25) is 0 Å². The minimum absolute atomic E-state index is 0.0555. The van der Waals surface area contributed by atoms with E-state index in [4.69, 9.17) is 0 Å². The van der Waals surface area contributed by atoms with Crippen molar-refractivity contribution in [3.05, 3.63) is 23.4 Å². The Morgan fingerprint density at radius 3 is 2.71 bits per heavy atom. The van der Waals surface area contributed by atoms with Crippen LogP contribution in [0.4, 0.5) is 10.6 Å². The molecule has 1 aromatic heterocycles. The quantitative estimate of drug-likeness (QED) is 0.846. The van der Waals surface area contributed by atoms with E-state index in [0.717, 1.165) is 12.0 Å². The predicted molar refractivity (Wildman–Crippen MR) is 82.3 cm³/mol. The fraction of sp³-hybridized carbons (Fsp3) is 0.562. The normalized spacial score (nSPS) is 14.4. The molecule has 1 N–H and O–H groups in total. The highest BCUT2D eigenvalue weighted by Gasteiger charge is 2.24. The number of hydrogen-bond acceptors (Lipinski definition) is 3. The lowest BCUT2D eigenvalue weighted by molar-refractivity contribution is 0.0939. The van der Waals surface area contributed by atoms with Crippen molar-refractivity contribution in [2.75, 3.05) is 11.9 Å². The SMILES string of the molecule is CC(C)CCN1Cc2cc(C(=O)C(C)C)cnc2NC1=O. The third-order valence-electron chi connectivity index (χ3n) is 3.63. The topological polar surface area (TPSA) is 62.3 Å². The number of aromatic nitrogens is 1. The third kappa shape index (κ3) is 3.60. The number of anilines is 1. The zero-order chi connectivity index (χ0) is 15.6. The number of Topliss-reactive ketones (excluding diaryl/α,β-unsaturated/α-hetero) is 1. The number of pyridine rings is 1. The van der Waals surface area contributed by atoms with Crippen molar-refractivity contribution in [3.63, 3.8) is 0 Å². The lowest BCUT2D eigenvalue weighted by Crippen LogP contribution is -2.40. The van der Waals surface area contributed by atoms with E-state index in [9.17, 15) is 9.59 Å². The van der Waals surface area contributed by atoms with Crippen molar-refractivity contribution in [2.24, 2.45) is 11.8 Å². The second-order valence-corrected chi connectivity index (χ2v) is 6.28. The fourth-order valence-corrected chi connectivity index (χ4v) is 2.26. The van der Waals surface area contributed by atoms with Crippen molar-refractivity contribution < 1.29 is 9.59 Å². The summed E-state index contributed by atoms with van der Waals surface area (Å²) in [6.45, 7) is 9.25. The Bertz CT molecular complexity index is 552. The Hall–Kier alpha value is -1.91. The number of nitrogens with one attached hydrogen (secondary N) is 1. The van der Waals surface area contributed by atoms with Gasteiger partial charge in [0.05, 0.1) is 6.54 Å². The molecule has 1 aliphatic rings. The van der Waals surface area contributed by atoms with Crippen LogP contribution in [-0.2, 0) is 6.54 Å². The molecule has 0 atom stereocenters. The van der Waals surface area contributed by atoms with E-state index < -0.39 is 0 Å². The molecule has 0 saturated heterocycles. The number of rotatable bonds is 5. The molecule has 0 aliphatic carbocycles. The van der Waals surface area contributed by atoms with Crippen LogP contribution in [0.3, 0.4) is 0 Å². The second kappa shape index (κ2) is 6.24. The zero-order valence-electron chi connectivity index (χ0n) is 13.1. The average Bonchev–Trinajstić information content (AvgIpc) is 2.43. The van der Waals surface area contributed by atoms with E-state index in [1.807, 2.05) is 19.9 Å². The van der Waals surface area contributed by atoms with E-state index in [1.54, 1.807) is 11.1 Å². The van der Waals surface area contributed by atoms with E-state index >= 15 is 0 Å². The Kier molecular flexibility index (Phi) is 4.60. The van der Waals surface area contributed by atoms with Gasteiger partial charge in [0.15, 0.2) is 5.78 Å². The molecule has 0 bridgehead atoms. The van der Waals surface area contributed by atoms with Gasteiger partial charge in [-0.15, -0.1) is 0 Å². The minimum Gasteiger partial charge on any atom is -0.320 e. The van der Waals surface area contributed by atoms with Gasteiger partial charge in [-0.3, -0.25) is 10.1 Å². The maximum atomic E-state index is 12.1. The summed E-state index contributed by atoms with van der Waals surface area (Å²) < 4.78 is 0. The first-order chi connectivity index (χ1) is 9.88. The molecule has 2 rings (SSSR count). The average molecular weight is 289 g/mol. The molecule has 0 aromatic carbocycles. The monoisotopic (exact) mass is 289 g/mol. The Morgan fingerprint density at radius 1 is 1.38 bits per heavy atom. The molecule has 2 heterocycles. The van der Waals surface area contributed by atoms with Crippen LogP contribution < -0.4 is 5.32 Å². The molecule has 0 unspecified atom stereocenters. The van der Waals surface area contributed by atoms with Crippen LogP contribution in [0, 0.1) is 11.8 Å². The molecular formula is C16H23N3O2. The highest BCUT2D eigenvalue weighted by atomic mass is 16.2. The number of carbonyl (C=O) groups excluding carboxylic acids is 2. The van der Waals surface area contributed by atoms with Gasteiger partial charge in [-0.2, -0.15) is 0 Å². The van der Waals surface area contributed by atoms with E-state index in [2.05, 4.69) is 24.1 Å². The van der Waals surface area contributed by atoms with Crippen molar-refractivity contribution >= 4 is 17.6 Å². The van der Waals surface area contributed by atoms with Crippen molar-refractivity contribution in [2.45, 2.75) is 40.7 Å². The van der Waals surface area contributed by atoms with Gasteiger partial charge >= 0.3 is 6.03 Å². The molecule has 21 heavy (non-hydrogen) atoms. The summed E-state index contributed by atoms with van der Waals surface area (Å²) in [5.74, 6) is 1.14. The second-order valence-electron chi connectivity index (χ2n) is 6.28. The number of ketones is 1. The first-order valence-electron chi connectivity index (χ1n) is 7.47. The summed E-state index contributed by atoms with van der Waals surface area (Å²) in [7, 11) is 0. The van der Waals surface area contributed by atoms with Gasteiger partial charge in [-0.25, -0.2) is 9.78 Å². The fourth-order valence-electron chi connectivity index (χ4n) is 2.26. The van der Waals surface area contributed by atoms with Crippen LogP contribution in [-0.4, -0.2) is 28.2 Å². The Balaban J connectivity index is 2.18. The predicted octanol–water partition coefficient (Wildman–Crippen LogP) is 3.31. The van der Waals surface area contributed by atoms with E-state index in [-0.39, 0.29) is 17.7 Å². The summed E-state index contributed by atoms with van der Waals surface area (Å²) in [5, 5.41) is 2.79. The third-order valence-corrected chi connectivity index (χ3v) is 3.63. The van der Waals surface area contributed by atoms with Crippen LogP contribution in [0.1, 0.15) is 50.0 Å². The number of fused-ring (bicyclic) bond motifs is 1. The van der Waals surface area contributed by atoms with Crippen LogP contribution in [0.15, 0.2) is 12.3 Å². The number of hydrogen-bond donors (Lipinski definition) is 1. The molecule has 5 heteroatoms. The summed E-state index contributed by atoms with van der Waals surface area (Å²) >= 11 is 0. The van der Waals surface area contributed by atoms with Gasteiger partial charge in [-0.05, 0) is 18.4 Å². The molecule has 0 fully saturated rings. The molecule has 2 amide bonds. The number of amides is 2. The van der Waals surface area contributed by atoms with Crippen LogP contribution in [0.5, 0.6) is 0 Å². The molecule has 0 radical (unpaired) electrons. The van der Waals surface area contributed by atoms with E-state index in [0.29, 0.717) is 30.4 Å². The molecule has 114 valence electrons. The lowest BCUT2D eigenvalue weighted by Gasteiger charge is -2.29. The zero-order valence-corrected chi connectivity index (χ0v) is 13.1. The lowest BCUT2D eigenvalue weighted by atomic mass is 10.0. The number of carbonyl (C=O) groups is 2. The molecule has 0 spiro atoms. The molecule has 1 aromatic rings. The number of urea groups is 1. The molecule has 0 saturated carbocycles. The summed E-state index contributed by atoms with van der Waals surface area (Å²) in [4.78, 5) is 30.0. The van der Waals surface area contributed by atoms with Crippen molar-refractivity contribution in [3.8, 4) is 0 Å². The summed E-state index contributed by atoms with van der Waals surface area (Å²) in [5.41, 5.74) is 1.52. The maximum absolute atomic E-state index is 12.1. The van der Waals surface area contributed by atoms with Crippen LogP contribution >= 0.6 is 0 Å². The van der Waals surface area contributed by atoms with Crippen LogP contribution in [0.25, 0.3) is 0 Å². The largest absolute Gasteiger partial charge is 0.323 e. The van der Waals surface area contributed by atoms with Crippen molar-refractivity contribution in [1.82, 2.24) is 9.88 Å². The minimum atomic E-state index is -0.112. The standard InChI is InChI=1S/C16H23N3O2/c1-10(2)5-6-19-9-13-7-12(14(20)11(3)4)8-17-15(13)18-16(19)21/h7-8,10-11H,5-6,9H2,1-4H3,(H,17,18,21). The number of nitrogens with zero attached hydrogens (tertiary/aromatic N) is 2. The van der Waals surface area contributed by atoms with Gasteiger partial charge < -0.3 is 4.90 Å². The first-order valence-corrected chi connectivity index (χ1v) is 7.47. The molecular weight excluding hydrogens is 266 g/mol. The van der Waals surface area contributed by atoms with Crippen molar-refractivity contribution in [1.29, 1.82) is 0 Å². The highest BCUT2D eigenvalue weighted by molar-refractivity contribution is 5.98. The summed E-state index contributed by atoms with van der Waals surface area (Å²) in [6, 6.07) is 1.74. The highest BCUT2D eigenvalue weighted by Crippen LogP contribution is 2.23. The first kappa shape index (κ1) is 15.5. The maximum Gasteiger partial charge on any atom is 0.323 e. The van der Waals surface area contributed by atoms with Gasteiger partial charge in [0.1, 0.15) is 5.82 Å². The summed E-state index contributed by atoms with van der Waals surface area (Å²) in [6.07, 6.45) is 2.51. The van der Waals surface area contributed by atoms with Crippen LogP contribution in [0.2, 0.25) is 0 Å². The van der Waals surface area contributed by atoms with Gasteiger partial charge in [0, 0.05) is 29.8 Å². The van der Waals surface area contributed by atoms with Gasteiger partial charge in [-0.1, -0.05) is 27.7 Å². The van der Waals surface area contributed by atoms with E-state index in [1.165, 1.54) is 0 Å².